The van der Waals surface area contributed by atoms with E-state index in [-0.39, 0.29) is 5.82 Å². The Balaban J connectivity index is 2.05. The van der Waals surface area contributed by atoms with Gasteiger partial charge >= 0.3 is 6.18 Å². The predicted octanol–water partition coefficient (Wildman–Crippen LogP) is 3.45. The summed E-state index contributed by atoms with van der Waals surface area (Å²) < 4.78 is 37.7. The van der Waals surface area contributed by atoms with Crippen molar-refractivity contribution in [3.63, 3.8) is 0 Å². The molecular formula is C13H12F3N3. The van der Waals surface area contributed by atoms with E-state index in [0.29, 0.717) is 5.56 Å². The van der Waals surface area contributed by atoms with E-state index < -0.39 is 11.9 Å². The highest BCUT2D eigenvalue weighted by molar-refractivity contribution is 5.77. The van der Waals surface area contributed by atoms with E-state index in [4.69, 9.17) is 0 Å². The molecule has 0 saturated carbocycles. The summed E-state index contributed by atoms with van der Waals surface area (Å²) in [5.74, 6) is 0.249. The average Bonchev–Trinajstić information content (AvgIpc) is 2.87. The number of aromatic nitrogens is 2. The van der Waals surface area contributed by atoms with Gasteiger partial charge in [-0.2, -0.15) is 13.2 Å². The van der Waals surface area contributed by atoms with Crippen LogP contribution < -0.4 is 5.32 Å². The lowest BCUT2D eigenvalue weighted by Gasteiger charge is -2.20. The van der Waals surface area contributed by atoms with Crippen LogP contribution in [0.5, 0.6) is 0 Å². The van der Waals surface area contributed by atoms with Crippen LogP contribution in [-0.4, -0.2) is 16.5 Å². The summed E-state index contributed by atoms with van der Waals surface area (Å²) in [4.78, 5) is 6.19. The molecule has 0 aliphatic carbocycles. The maximum absolute atomic E-state index is 12.6. The second-order valence-corrected chi connectivity index (χ2v) is 4.51. The Kier molecular flexibility index (Phi) is 2.73. The van der Waals surface area contributed by atoms with Gasteiger partial charge in [0.05, 0.1) is 6.20 Å². The fourth-order valence-electron chi connectivity index (χ4n) is 2.31. The van der Waals surface area contributed by atoms with Gasteiger partial charge in [-0.3, -0.25) is 0 Å². The van der Waals surface area contributed by atoms with Crippen LogP contribution in [-0.2, 0) is 12.6 Å². The minimum absolute atomic E-state index is 0.249. The molecule has 0 spiro atoms. The van der Waals surface area contributed by atoms with E-state index in [1.165, 1.54) is 0 Å². The Morgan fingerprint density at radius 1 is 1.21 bits per heavy atom. The van der Waals surface area contributed by atoms with Crippen molar-refractivity contribution in [1.82, 2.24) is 9.97 Å². The second kappa shape index (κ2) is 4.29. The van der Waals surface area contributed by atoms with Gasteiger partial charge in [-0.05, 0) is 24.5 Å². The van der Waals surface area contributed by atoms with Gasteiger partial charge in [0.25, 0.3) is 0 Å². The van der Waals surface area contributed by atoms with Crippen LogP contribution in [0.4, 0.5) is 18.9 Å². The first-order chi connectivity index (χ1) is 9.05. The van der Waals surface area contributed by atoms with Crippen LogP contribution in [0, 0.1) is 0 Å². The highest BCUT2D eigenvalue weighted by Crippen LogP contribution is 2.34. The molecule has 6 heteroatoms. The molecule has 0 fully saturated rings. The molecule has 0 unspecified atom stereocenters. The van der Waals surface area contributed by atoms with Crippen LogP contribution in [0.1, 0.15) is 17.7 Å². The number of fused-ring (bicyclic) bond motifs is 1. The van der Waals surface area contributed by atoms with E-state index in [1.807, 2.05) is 12.1 Å². The van der Waals surface area contributed by atoms with Crippen molar-refractivity contribution in [1.29, 1.82) is 0 Å². The number of imidazole rings is 1. The molecule has 1 aliphatic rings. The molecule has 19 heavy (non-hydrogen) atoms. The number of nitrogens with zero attached hydrogens (tertiary/aromatic N) is 1. The standard InChI is InChI=1S/C13H12F3N3/c14-13(15,16)10-7-18-12(19-10)9-5-1-3-8-4-2-6-17-11(8)9/h1,3,5,7,17H,2,4,6H2,(H,18,19). The van der Waals surface area contributed by atoms with E-state index in [0.717, 1.165) is 36.8 Å². The van der Waals surface area contributed by atoms with Crippen LogP contribution >= 0.6 is 0 Å². The van der Waals surface area contributed by atoms with E-state index >= 15 is 0 Å². The minimum Gasteiger partial charge on any atom is -0.384 e. The second-order valence-electron chi connectivity index (χ2n) is 4.51. The number of aromatic amines is 1. The van der Waals surface area contributed by atoms with E-state index in [2.05, 4.69) is 15.3 Å². The lowest BCUT2D eigenvalue weighted by atomic mass is 9.99. The normalized spacial score (nSPS) is 14.9. The molecule has 2 aromatic rings. The third-order valence-corrected chi connectivity index (χ3v) is 3.21. The molecule has 0 saturated heterocycles. The summed E-state index contributed by atoms with van der Waals surface area (Å²) in [5, 5.41) is 3.24. The Labute approximate surface area is 107 Å². The summed E-state index contributed by atoms with van der Waals surface area (Å²) in [6.07, 6.45) is -1.60. The van der Waals surface area contributed by atoms with Gasteiger partial charge in [0, 0.05) is 17.8 Å². The molecule has 0 bridgehead atoms. The van der Waals surface area contributed by atoms with Gasteiger partial charge in [-0.1, -0.05) is 12.1 Å². The maximum Gasteiger partial charge on any atom is 0.432 e. The predicted molar refractivity (Wildman–Crippen MR) is 65.8 cm³/mol. The number of aryl methyl sites for hydroxylation is 1. The number of hydrogen-bond donors (Lipinski definition) is 2. The largest absolute Gasteiger partial charge is 0.432 e. The molecule has 3 rings (SSSR count). The lowest BCUT2D eigenvalue weighted by molar-refractivity contribution is -0.140. The number of rotatable bonds is 1. The van der Waals surface area contributed by atoms with E-state index in [9.17, 15) is 13.2 Å². The van der Waals surface area contributed by atoms with Crippen molar-refractivity contribution in [2.24, 2.45) is 0 Å². The van der Waals surface area contributed by atoms with Gasteiger partial charge < -0.3 is 10.3 Å². The van der Waals surface area contributed by atoms with Gasteiger partial charge in [-0.25, -0.2) is 4.98 Å². The molecule has 0 amide bonds. The highest BCUT2D eigenvalue weighted by Gasteiger charge is 2.33. The van der Waals surface area contributed by atoms with Crippen molar-refractivity contribution in [2.45, 2.75) is 19.0 Å². The summed E-state index contributed by atoms with van der Waals surface area (Å²) in [6, 6.07) is 5.60. The van der Waals surface area contributed by atoms with Crippen molar-refractivity contribution in [3.05, 3.63) is 35.7 Å². The Morgan fingerprint density at radius 2 is 2.05 bits per heavy atom. The SMILES string of the molecule is FC(F)(F)c1cnc(-c2cccc3c2NCCC3)[nH]1. The van der Waals surface area contributed by atoms with Crippen molar-refractivity contribution in [2.75, 3.05) is 11.9 Å². The molecule has 0 radical (unpaired) electrons. The third kappa shape index (κ3) is 2.18. The molecule has 2 heterocycles. The average molecular weight is 267 g/mol. The van der Waals surface area contributed by atoms with Crippen LogP contribution in [0.2, 0.25) is 0 Å². The first-order valence-corrected chi connectivity index (χ1v) is 6.04. The smallest absolute Gasteiger partial charge is 0.384 e. The summed E-state index contributed by atoms with van der Waals surface area (Å²) in [5.41, 5.74) is 1.87. The van der Waals surface area contributed by atoms with E-state index in [1.54, 1.807) is 6.07 Å². The van der Waals surface area contributed by atoms with Crippen molar-refractivity contribution >= 4 is 5.69 Å². The number of halogens is 3. The topological polar surface area (TPSA) is 40.7 Å². The zero-order chi connectivity index (χ0) is 13.5. The van der Waals surface area contributed by atoms with Gasteiger partial charge in [0.15, 0.2) is 0 Å². The van der Waals surface area contributed by atoms with Gasteiger partial charge in [0.2, 0.25) is 0 Å². The first-order valence-electron chi connectivity index (χ1n) is 6.04. The Morgan fingerprint density at radius 3 is 2.79 bits per heavy atom. The van der Waals surface area contributed by atoms with Crippen molar-refractivity contribution in [3.8, 4) is 11.4 Å². The number of hydrogen-bond acceptors (Lipinski definition) is 2. The first kappa shape index (κ1) is 12.1. The molecule has 100 valence electrons. The Bertz CT molecular complexity index is 601. The molecule has 2 N–H and O–H groups in total. The molecular weight excluding hydrogens is 255 g/mol. The van der Waals surface area contributed by atoms with Gasteiger partial charge in [0.1, 0.15) is 11.5 Å². The number of alkyl halides is 3. The number of nitrogens with one attached hydrogen (secondary N) is 2. The number of para-hydroxylation sites is 1. The summed E-state index contributed by atoms with van der Waals surface area (Å²) in [6.45, 7) is 0.830. The highest BCUT2D eigenvalue weighted by atomic mass is 19.4. The fourth-order valence-corrected chi connectivity index (χ4v) is 2.31. The molecule has 1 aliphatic heterocycles. The zero-order valence-corrected chi connectivity index (χ0v) is 10.0. The number of H-pyrrole nitrogens is 1. The molecule has 1 aromatic carbocycles. The van der Waals surface area contributed by atoms with Crippen LogP contribution in [0.3, 0.4) is 0 Å². The molecule has 1 aromatic heterocycles. The number of anilines is 1. The molecule has 3 nitrogen and oxygen atoms in total. The number of benzene rings is 1. The fraction of sp³-hybridized carbons (Fsp3) is 0.308. The third-order valence-electron chi connectivity index (χ3n) is 3.21. The van der Waals surface area contributed by atoms with Crippen molar-refractivity contribution < 1.29 is 13.2 Å². The van der Waals surface area contributed by atoms with Gasteiger partial charge in [-0.15, -0.1) is 0 Å². The van der Waals surface area contributed by atoms with Crippen LogP contribution in [0.25, 0.3) is 11.4 Å². The minimum atomic E-state index is -4.40. The molecule has 0 atom stereocenters. The summed E-state index contributed by atoms with van der Waals surface area (Å²) >= 11 is 0. The van der Waals surface area contributed by atoms with Crippen LogP contribution in [0.15, 0.2) is 24.4 Å². The quantitative estimate of drug-likeness (QED) is 0.830. The lowest BCUT2D eigenvalue weighted by Crippen LogP contribution is -2.12. The Hall–Kier alpha value is -1.98. The summed E-state index contributed by atoms with van der Waals surface area (Å²) in [7, 11) is 0. The maximum atomic E-state index is 12.6. The monoisotopic (exact) mass is 267 g/mol. The zero-order valence-electron chi connectivity index (χ0n) is 10.0.